The first-order valence-electron chi connectivity index (χ1n) is 10.9. The van der Waals surface area contributed by atoms with Gasteiger partial charge in [0.2, 0.25) is 5.91 Å². The van der Waals surface area contributed by atoms with Crippen LogP contribution in [0.15, 0.2) is 54.3 Å². The van der Waals surface area contributed by atoms with Crippen LogP contribution in [0.2, 0.25) is 0 Å². The number of benzene rings is 1. The summed E-state index contributed by atoms with van der Waals surface area (Å²) in [5.74, 6) is 0.323. The van der Waals surface area contributed by atoms with Crippen LogP contribution in [-0.4, -0.2) is 59.2 Å². The zero-order valence-corrected chi connectivity index (χ0v) is 18.7. The summed E-state index contributed by atoms with van der Waals surface area (Å²) in [6.45, 7) is 2.68. The quantitative estimate of drug-likeness (QED) is 0.512. The lowest BCUT2D eigenvalue weighted by molar-refractivity contribution is -0.123. The van der Waals surface area contributed by atoms with Gasteiger partial charge in [0, 0.05) is 36.9 Å². The van der Waals surface area contributed by atoms with Gasteiger partial charge in [-0.3, -0.25) is 14.5 Å². The lowest BCUT2D eigenvalue weighted by Gasteiger charge is -2.33. The lowest BCUT2D eigenvalue weighted by Crippen LogP contribution is -2.51. The molecule has 1 aromatic carbocycles. The highest BCUT2D eigenvalue weighted by atomic mass is 32.1. The van der Waals surface area contributed by atoms with E-state index < -0.39 is 0 Å². The second-order valence-electron chi connectivity index (χ2n) is 8.08. The van der Waals surface area contributed by atoms with Crippen molar-refractivity contribution in [2.45, 2.75) is 12.5 Å². The molecule has 2 N–H and O–H groups in total. The van der Waals surface area contributed by atoms with Crippen LogP contribution >= 0.6 is 11.3 Å². The highest BCUT2D eigenvalue weighted by molar-refractivity contribution is 7.11. The second kappa shape index (κ2) is 9.74. The molecular formula is C23H24N6O3S. The third-order valence-corrected chi connectivity index (χ3v) is 6.75. The Bertz CT molecular complexity index is 1090. The molecule has 170 valence electrons. The molecule has 2 aliphatic heterocycles. The van der Waals surface area contributed by atoms with Gasteiger partial charge in [0.1, 0.15) is 11.9 Å². The standard InChI is InChI=1S/C23H24N6O3S/c30-21(22-26-9-10-33-22)19-14-24-7-6-20(19)32-18-3-1-16(2-4-18)29(17-5-8-27-28-13-17)23(31)15-11-25-12-15/h1-5,8-10,13,15,19-20,24-25H,6-7,11-12,14H2. The highest BCUT2D eigenvalue weighted by Crippen LogP contribution is 2.30. The zero-order chi connectivity index (χ0) is 22.6. The van der Waals surface area contributed by atoms with E-state index in [0.717, 1.165) is 18.7 Å². The Morgan fingerprint density at radius 1 is 1.00 bits per heavy atom. The molecule has 5 rings (SSSR count). The molecule has 2 saturated heterocycles. The number of Topliss-reactive ketones (excluding diaryl/α,β-unsaturated/α-hetero) is 1. The predicted octanol–water partition coefficient (Wildman–Crippen LogP) is 2.06. The van der Waals surface area contributed by atoms with E-state index in [1.807, 2.05) is 29.6 Å². The molecule has 0 aliphatic carbocycles. The minimum Gasteiger partial charge on any atom is -0.490 e. The van der Waals surface area contributed by atoms with Crippen molar-refractivity contribution in [2.75, 3.05) is 31.1 Å². The minimum absolute atomic E-state index is 0.00915. The predicted molar refractivity (Wildman–Crippen MR) is 124 cm³/mol. The van der Waals surface area contributed by atoms with Gasteiger partial charge in [0.15, 0.2) is 10.8 Å². The van der Waals surface area contributed by atoms with Crippen molar-refractivity contribution >= 4 is 34.4 Å². The molecule has 4 heterocycles. The Labute approximate surface area is 195 Å². The Morgan fingerprint density at radius 3 is 2.52 bits per heavy atom. The van der Waals surface area contributed by atoms with Crippen molar-refractivity contribution in [3.8, 4) is 5.75 Å². The number of nitrogens with zero attached hydrogens (tertiary/aromatic N) is 4. The molecular weight excluding hydrogens is 440 g/mol. The average Bonchev–Trinajstić information content (AvgIpc) is 3.35. The summed E-state index contributed by atoms with van der Waals surface area (Å²) in [4.78, 5) is 31.9. The Kier molecular flexibility index (Phi) is 6.38. The van der Waals surface area contributed by atoms with E-state index in [1.165, 1.54) is 11.3 Å². The summed E-state index contributed by atoms with van der Waals surface area (Å²) in [7, 11) is 0. The van der Waals surface area contributed by atoms with Gasteiger partial charge >= 0.3 is 0 Å². The number of hydrogen-bond acceptors (Lipinski definition) is 9. The van der Waals surface area contributed by atoms with Crippen LogP contribution in [0, 0.1) is 11.8 Å². The first-order valence-corrected chi connectivity index (χ1v) is 11.8. The van der Waals surface area contributed by atoms with Crippen molar-refractivity contribution < 1.29 is 14.3 Å². The first-order chi connectivity index (χ1) is 16.2. The third-order valence-electron chi connectivity index (χ3n) is 5.96. The van der Waals surface area contributed by atoms with Crippen molar-refractivity contribution in [3.05, 3.63) is 59.3 Å². The third kappa shape index (κ3) is 4.63. The van der Waals surface area contributed by atoms with Gasteiger partial charge < -0.3 is 15.4 Å². The van der Waals surface area contributed by atoms with Gasteiger partial charge in [-0.1, -0.05) is 0 Å². The van der Waals surface area contributed by atoms with E-state index >= 15 is 0 Å². The van der Waals surface area contributed by atoms with Crippen LogP contribution in [0.3, 0.4) is 0 Å². The highest BCUT2D eigenvalue weighted by Gasteiger charge is 2.35. The summed E-state index contributed by atoms with van der Waals surface area (Å²) >= 11 is 1.35. The van der Waals surface area contributed by atoms with Crippen LogP contribution in [-0.2, 0) is 4.79 Å². The SMILES string of the molecule is O=C(c1nccs1)C1CNCCC1Oc1ccc(N(C(=O)C2CNC2)c2ccnnc2)cc1. The molecule has 10 heteroatoms. The number of nitrogens with one attached hydrogen (secondary N) is 2. The normalized spacial score (nSPS) is 20.6. The number of aromatic nitrogens is 3. The van der Waals surface area contributed by atoms with Gasteiger partial charge in [-0.2, -0.15) is 10.2 Å². The minimum atomic E-state index is -0.295. The van der Waals surface area contributed by atoms with E-state index in [2.05, 4.69) is 25.8 Å². The summed E-state index contributed by atoms with van der Waals surface area (Å²) in [6, 6.07) is 9.18. The maximum atomic E-state index is 13.1. The largest absolute Gasteiger partial charge is 0.490 e. The molecule has 33 heavy (non-hydrogen) atoms. The van der Waals surface area contributed by atoms with Crippen LogP contribution in [0.4, 0.5) is 11.4 Å². The van der Waals surface area contributed by atoms with E-state index in [0.29, 0.717) is 36.1 Å². The van der Waals surface area contributed by atoms with Crippen LogP contribution < -0.4 is 20.3 Å². The van der Waals surface area contributed by atoms with Gasteiger partial charge in [-0.05, 0) is 43.3 Å². The van der Waals surface area contributed by atoms with E-state index in [1.54, 1.807) is 29.6 Å². The number of carbonyl (C=O) groups excluding carboxylic acids is 2. The summed E-state index contributed by atoms with van der Waals surface area (Å²) in [6.07, 6.45) is 5.29. The fourth-order valence-corrected chi connectivity index (χ4v) is 4.69. The molecule has 2 atom stereocenters. The fourth-order valence-electron chi connectivity index (χ4n) is 4.05. The molecule has 2 aliphatic rings. The van der Waals surface area contributed by atoms with Crippen molar-refractivity contribution in [2.24, 2.45) is 11.8 Å². The maximum absolute atomic E-state index is 13.1. The molecule has 0 spiro atoms. The summed E-state index contributed by atoms with van der Waals surface area (Å²) in [5, 5.41) is 16.5. The first kappa shape index (κ1) is 21.6. The molecule has 2 unspecified atom stereocenters. The van der Waals surface area contributed by atoms with Crippen LogP contribution in [0.25, 0.3) is 0 Å². The molecule has 2 fully saturated rings. The van der Waals surface area contributed by atoms with E-state index in [4.69, 9.17) is 4.74 Å². The Hall–Kier alpha value is -3.21. The van der Waals surface area contributed by atoms with Gasteiger partial charge in [-0.15, -0.1) is 11.3 Å². The fraction of sp³-hybridized carbons (Fsp3) is 0.348. The maximum Gasteiger partial charge on any atom is 0.237 e. The lowest BCUT2D eigenvalue weighted by atomic mass is 9.92. The van der Waals surface area contributed by atoms with Gasteiger partial charge in [0.25, 0.3) is 0 Å². The second-order valence-corrected chi connectivity index (χ2v) is 8.98. The molecule has 0 saturated carbocycles. The van der Waals surface area contributed by atoms with Crippen molar-refractivity contribution in [3.63, 3.8) is 0 Å². The number of amides is 1. The summed E-state index contributed by atoms with van der Waals surface area (Å²) in [5.41, 5.74) is 1.40. The van der Waals surface area contributed by atoms with Gasteiger partial charge in [-0.25, -0.2) is 4.98 Å². The monoisotopic (exact) mass is 464 g/mol. The molecule has 9 nitrogen and oxygen atoms in total. The number of ketones is 1. The number of hydrogen-bond donors (Lipinski definition) is 2. The van der Waals surface area contributed by atoms with Crippen molar-refractivity contribution in [1.29, 1.82) is 0 Å². The van der Waals surface area contributed by atoms with Crippen LogP contribution in [0.5, 0.6) is 5.75 Å². The van der Waals surface area contributed by atoms with E-state index in [9.17, 15) is 9.59 Å². The number of ether oxygens (including phenoxy) is 1. The molecule has 2 aromatic heterocycles. The number of rotatable bonds is 7. The number of thiazole rings is 1. The van der Waals surface area contributed by atoms with Gasteiger partial charge in [0.05, 0.1) is 29.9 Å². The van der Waals surface area contributed by atoms with Crippen LogP contribution in [0.1, 0.15) is 16.2 Å². The zero-order valence-electron chi connectivity index (χ0n) is 17.9. The molecule has 0 bridgehead atoms. The molecule has 1 amide bonds. The molecule has 3 aromatic rings. The number of carbonyl (C=O) groups is 2. The smallest absolute Gasteiger partial charge is 0.237 e. The Morgan fingerprint density at radius 2 is 1.85 bits per heavy atom. The number of piperidine rings is 1. The van der Waals surface area contributed by atoms with Crippen molar-refractivity contribution in [1.82, 2.24) is 25.8 Å². The summed E-state index contributed by atoms with van der Waals surface area (Å²) < 4.78 is 6.25. The topological polar surface area (TPSA) is 109 Å². The van der Waals surface area contributed by atoms with E-state index in [-0.39, 0.29) is 29.6 Å². The molecule has 0 radical (unpaired) electrons. The number of anilines is 2. The average molecular weight is 465 g/mol. The Balaban J connectivity index is 1.34.